The summed E-state index contributed by atoms with van der Waals surface area (Å²) in [6.45, 7) is 11.3. The first kappa shape index (κ1) is 21.4. The molecule has 0 unspecified atom stereocenters. The Hall–Kier alpha value is -1.89. The average molecular weight is 328 g/mol. The Kier molecular flexibility index (Phi) is 16.5. The van der Waals surface area contributed by atoms with Crippen molar-refractivity contribution < 1.29 is 9.53 Å². The second-order valence-electron chi connectivity index (χ2n) is 3.11. The van der Waals surface area contributed by atoms with E-state index in [1.165, 1.54) is 0 Å². The second kappa shape index (κ2) is 16.2. The predicted molar refractivity (Wildman–Crippen MR) is 92.0 cm³/mol. The monoisotopic (exact) mass is 327 g/mol. The van der Waals surface area contributed by atoms with Crippen LogP contribution in [-0.2, 0) is 4.74 Å². The van der Waals surface area contributed by atoms with Gasteiger partial charge in [0.15, 0.2) is 6.61 Å². The molecule has 114 valence electrons. The Labute approximate surface area is 136 Å². The molecule has 0 saturated heterocycles. The van der Waals surface area contributed by atoms with Crippen molar-refractivity contribution in [1.29, 1.82) is 0 Å². The molecule has 0 spiro atoms. The van der Waals surface area contributed by atoms with Gasteiger partial charge in [0.2, 0.25) is 0 Å². The Balaban J connectivity index is 0. The number of hydrogen-bond acceptors (Lipinski definition) is 2. The van der Waals surface area contributed by atoms with Gasteiger partial charge in [-0.2, -0.15) is 0 Å². The molecule has 0 aliphatic rings. The minimum Gasteiger partial charge on any atom is -0.436 e. The van der Waals surface area contributed by atoms with Crippen molar-refractivity contribution in [3.05, 3.63) is 55.1 Å². The maximum Gasteiger partial charge on any atom is 0.412 e. The van der Waals surface area contributed by atoms with Crippen LogP contribution in [0, 0.1) is 11.8 Å². The van der Waals surface area contributed by atoms with Gasteiger partial charge < -0.3 is 4.74 Å². The number of amides is 1. The van der Waals surface area contributed by atoms with Crippen LogP contribution >= 0.6 is 23.2 Å². The van der Waals surface area contributed by atoms with Gasteiger partial charge in [-0.05, 0) is 25.1 Å². The summed E-state index contributed by atoms with van der Waals surface area (Å²) in [6, 6.07) is 6.76. The molecule has 5 heteroatoms. The summed E-state index contributed by atoms with van der Waals surface area (Å²) in [5.74, 6) is 5.36. The van der Waals surface area contributed by atoms with Crippen molar-refractivity contribution in [3.63, 3.8) is 0 Å². The smallest absolute Gasteiger partial charge is 0.412 e. The lowest BCUT2D eigenvalue weighted by atomic mass is 10.3. The third-order valence-electron chi connectivity index (χ3n) is 1.54. The lowest BCUT2D eigenvalue weighted by Gasteiger charge is -2.04. The van der Waals surface area contributed by atoms with Gasteiger partial charge in [-0.3, -0.25) is 5.32 Å². The summed E-state index contributed by atoms with van der Waals surface area (Å²) in [4.78, 5) is 11.2. The van der Waals surface area contributed by atoms with E-state index in [4.69, 9.17) is 27.9 Å². The minimum atomic E-state index is -0.578. The number of anilines is 1. The average Bonchev–Trinajstić information content (AvgIpc) is 2.47. The van der Waals surface area contributed by atoms with Crippen molar-refractivity contribution in [1.82, 2.24) is 0 Å². The molecule has 0 saturated carbocycles. The third-order valence-corrected chi connectivity index (χ3v) is 1.91. The zero-order valence-electron chi connectivity index (χ0n) is 12.0. The quantitative estimate of drug-likeness (QED) is 0.464. The maximum absolute atomic E-state index is 11.2. The maximum atomic E-state index is 11.2. The lowest BCUT2D eigenvalue weighted by molar-refractivity contribution is 0.176. The van der Waals surface area contributed by atoms with Crippen molar-refractivity contribution in [2.24, 2.45) is 0 Å². The first-order chi connectivity index (χ1) is 10.1. The number of benzene rings is 1. The molecule has 0 fully saturated rings. The van der Waals surface area contributed by atoms with E-state index in [2.05, 4.69) is 36.9 Å². The highest BCUT2D eigenvalue weighted by atomic mass is 35.5. The van der Waals surface area contributed by atoms with Crippen LogP contribution in [-0.4, -0.2) is 18.6 Å². The first-order valence-electron chi connectivity index (χ1n) is 5.92. The molecule has 1 aromatic carbocycles. The van der Waals surface area contributed by atoms with Crippen LogP contribution in [0.4, 0.5) is 10.5 Å². The molecule has 0 atom stereocenters. The van der Waals surface area contributed by atoms with Gasteiger partial charge >= 0.3 is 6.09 Å². The number of carbonyl (C=O) groups is 1. The molecule has 1 rings (SSSR count). The molecule has 1 amide bonds. The Bertz CT molecular complexity index is 479. The van der Waals surface area contributed by atoms with Crippen molar-refractivity contribution in [2.45, 2.75) is 6.92 Å². The Morgan fingerprint density at radius 2 is 2.05 bits per heavy atom. The topological polar surface area (TPSA) is 38.3 Å². The van der Waals surface area contributed by atoms with Crippen LogP contribution in [0.3, 0.4) is 0 Å². The number of ether oxygens (including phenoxy) is 1. The van der Waals surface area contributed by atoms with Gasteiger partial charge in [-0.1, -0.05) is 35.6 Å². The van der Waals surface area contributed by atoms with Gasteiger partial charge in [-0.15, -0.1) is 31.3 Å². The first-order valence-corrected chi connectivity index (χ1v) is 6.83. The number of halogens is 2. The van der Waals surface area contributed by atoms with E-state index in [9.17, 15) is 4.79 Å². The van der Waals surface area contributed by atoms with Crippen LogP contribution in [0.15, 0.2) is 50.1 Å². The van der Waals surface area contributed by atoms with E-state index < -0.39 is 6.09 Å². The number of carbonyl (C=O) groups excluding carboxylic acids is 1. The van der Waals surface area contributed by atoms with E-state index in [-0.39, 0.29) is 12.5 Å². The molecule has 0 bridgehead atoms. The van der Waals surface area contributed by atoms with Gasteiger partial charge in [0.25, 0.3) is 0 Å². The molecule has 1 aromatic rings. The van der Waals surface area contributed by atoms with Crippen LogP contribution in [0.2, 0.25) is 5.02 Å². The highest BCUT2D eigenvalue weighted by Crippen LogP contribution is 2.14. The number of hydrogen-bond donors (Lipinski definition) is 1. The van der Waals surface area contributed by atoms with Crippen LogP contribution < -0.4 is 5.32 Å². The summed E-state index contributed by atoms with van der Waals surface area (Å²) >= 11 is 11.1. The molecule has 21 heavy (non-hydrogen) atoms. The number of allylic oxidation sites excluding steroid dienone is 1. The molecular formula is C16H19Cl2NO2. The molecular weight excluding hydrogens is 309 g/mol. The Morgan fingerprint density at radius 1 is 1.43 bits per heavy atom. The van der Waals surface area contributed by atoms with Crippen molar-refractivity contribution in [3.8, 4) is 11.8 Å². The fraction of sp³-hybridized carbons (Fsp3) is 0.188. The summed E-state index contributed by atoms with van der Waals surface area (Å²) in [6.07, 6.45) is 1.17. The molecule has 1 N–H and O–H groups in total. The van der Waals surface area contributed by atoms with E-state index in [1.807, 2.05) is 6.92 Å². The van der Waals surface area contributed by atoms with Gasteiger partial charge in [0.1, 0.15) is 0 Å². The Morgan fingerprint density at radius 3 is 2.57 bits per heavy atom. The number of rotatable bonds is 2. The van der Waals surface area contributed by atoms with Gasteiger partial charge in [-0.25, -0.2) is 4.79 Å². The zero-order chi connectivity index (χ0) is 16.5. The predicted octanol–water partition coefficient (Wildman–Crippen LogP) is 5.13. The van der Waals surface area contributed by atoms with E-state index in [0.29, 0.717) is 10.7 Å². The van der Waals surface area contributed by atoms with Crippen LogP contribution in [0.25, 0.3) is 0 Å². The molecule has 0 heterocycles. The summed E-state index contributed by atoms with van der Waals surface area (Å²) in [5.41, 5.74) is 0.572. The van der Waals surface area contributed by atoms with Crippen molar-refractivity contribution >= 4 is 35.0 Å². The van der Waals surface area contributed by atoms with E-state index >= 15 is 0 Å². The standard InChI is InChI=1S/C11H9Cl2NO2.C3H6.C2H4/c12-6-1-2-7-16-11(15)14-10-5-3-4-9(13)8-10;1-3-2;1-2/h3-5,8H,6-7H2,(H,14,15);3H,1H2,2H3;1-2H2. The van der Waals surface area contributed by atoms with Crippen molar-refractivity contribution in [2.75, 3.05) is 17.8 Å². The zero-order valence-corrected chi connectivity index (χ0v) is 13.5. The minimum absolute atomic E-state index is 0.0130. The van der Waals surface area contributed by atoms with E-state index in [1.54, 1.807) is 30.3 Å². The third kappa shape index (κ3) is 14.3. The SMILES string of the molecule is C=C.C=CC.O=C(Nc1cccc(Cl)c1)OCC#CCCl. The molecule has 3 nitrogen and oxygen atoms in total. The van der Waals surface area contributed by atoms with Crippen LogP contribution in [0.5, 0.6) is 0 Å². The fourth-order valence-corrected chi connectivity index (χ4v) is 1.20. The second-order valence-corrected chi connectivity index (χ2v) is 3.81. The van der Waals surface area contributed by atoms with E-state index in [0.717, 1.165) is 0 Å². The van der Waals surface area contributed by atoms with Gasteiger partial charge in [0, 0.05) is 10.7 Å². The normalized spacial score (nSPS) is 7.57. The largest absolute Gasteiger partial charge is 0.436 e. The highest BCUT2D eigenvalue weighted by Gasteiger charge is 2.01. The molecule has 0 aliphatic heterocycles. The summed E-state index contributed by atoms with van der Waals surface area (Å²) < 4.78 is 4.76. The lowest BCUT2D eigenvalue weighted by Crippen LogP contribution is -2.13. The molecule has 0 aromatic heterocycles. The van der Waals surface area contributed by atoms with Crippen LogP contribution in [0.1, 0.15) is 6.92 Å². The fourth-order valence-electron chi connectivity index (χ4n) is 0.920. The number of nitrogens with one attached hydrogen (secondary N) is 1. The summed E-state index contributed by atoms with van der Waals surface area (Å²) in [5, 5.41) is 3.05. The highest BCUT2D eigenvalue weighted by molar-refractivity contribution is 6.30. The van der Waals surface area contributed by atoms with Gasteiger partial charge in [0.05, 0.1) is 5.88 Å². The molecule has 0 radical (unpaired) electrons. The summed E-state index contributed by atoms with van der Waals surface area (Å²) in [7, 11) is 0. The number of alkyl halides is 1. The molecule has 0 aliphatic carbocycles.